The number of amides is 1. The van der Waals surface area contributed by atoms with E-state index in [1.54, 1.807) is 19.1 Å². The van der Waals surface area contributed by atoms with Gasteiger partial charge in [-0.3, -0.25) is 9.10 Å². The van der Waals surface area contributed by atoms with Gasteiger partial charge in [0.1, 0.15) is 6.04 Å². The topological polar surface area (TPSA) is 66.5 Å². The Balaban J connectivity index is 2.46. The van der Waals surface area contributed by atoms with Crippen molar-refractivity contribution in [2.75, 3.05) is 15.9 Å². The third-order valence-electron chi connectivity index (χ3n) is 4.25. The molecule has 2 aromatic rings. The van der Waals surface area contributed by atoms with Gasteiger partial charge in [-0.1, -0.05) is 23.7 Å². The lowest BCUT2D eigenvalue weighted by Crippen LogP contribution is -2.45. The van der Waals surface area contributed by atoms with Crippen molar-refractivity contribution < 1.29 is 26.4 Å². The summed E-state index contributed by atoms with van der Waals surface area (Å²) in [4.78, 5) is 12.7. The molecule has 1 N–H and O–H groups in total. The van der Waals surface area contributed by atoms with Gasteiger partial charge < -0.3 is 5.32 Å². The van der Waals surface area contributed by atoms with Crippen LogP contribution in [0.2, 0.25) is 5.02 Å². The number of nitrogens with zero attached hydrogens (tertiary/aromatic N) is 1. The fourth-order valence-corrected chi connectivity index (χ4v) is 4.18. The Morgan fingerprint density at radius 1 is 1.14 bits per heavy atom. The molecule has 1 atom stereocenters. The molecule has 0 aromatic heterocycles. The van der Waals surface area contributed by atoms with Gasteiger partial charge in [0, 0.05) is 5.69 Å². The monoisotopic (exact) mass is 448 g/mol. The molecule has 1 amide bonds. The second-order valence-corrected chi connectivity index (χ2v) is 8.97. The minimum absolute atomic E-state index is 0.312. The molecule has 29 heavy (non-hydrogen) atoms. The Hall–Kier alpha value is -2.26. The average molecular weight is 449 g/mol. The summed E-state index contributed by atoms with van der Waals surface area (Å²) in [6.45, 7) is 4.89. The van der Waals surface area contributed by atoms with E-state index in [1.807, 2.05) is 13.0 Å². The van der Waals surface area contributed by atoms with Crippen LogP contribution in [-0.2, 0) is 21.0 Å². The smallest absolute Gasteiger partial charge is 0.324 e. The molecule has 0 heterocycles. The first-order valence-electron chi connectivity index (χ1n) is 8.46. The Morgan fingerprint density at radius 2 is 1.76 bits per heavy atom. The second-order valence-electron chi connectivity index (χ2n) is 6.70. The molecule has 0 saturated heterocycles. The van der Waals surface area contributed by atoms with Gasteiger partial charge in [0.05, 0.1) is 22.5 Å². The van der Waals surface area contributed by atoms with Crippen molar-refractivity contribution in [3.63, 3.8) is 0 Å². The van der Waals surface area contributed by atoms with Crippen LogP contribution in [0.4, 0.5) is 24.5 Å². The molecular weight excluding hydrogens is 429 g/mol. The van der Waals surface area contributed by atoms with Gasteiger partial charge in [-0.25, -0.2) is 8.42 Å². The zero-order chi connectivity index (χ0) is 22.1. The summed E-state index contributed by atoms with van der Waals surface area (Å²) < 4.78 is 64.9. The van der Waals surface area contributed by atoms with E-state index in [-0.39, 0.29) is 5.69 Å². The summed E-state index contributed by atoms with van der Waals surface area (Å²) in [5.41, 5.74) is 0.627. The third kappa shape index (κ3) is 5.42. The highest BCUT2D eigenvalue weighted by Gasteiger charge is 2.36. The van der Waals surface area contributed by atoms with E-state index in [4.69, 9.17) is 11.6 Å². The summed E-state index contributed by atoms with van der Waals surface area (Å²) in [7, 11) is -4.09. The van der Waals surface area contributed by atoms with Crippen LogP contribution in [0.25, 0.3) is 0 Å². The van der Waals surface area contributed by atoms with E-state index < -0.39 is 38.7 Å². The molecule has 5 nitrogen and oxygen atoms in total. The summed E-state index contributed by atoms with van der Waals surface area (Å²) in [5, 5.41) is 2.07. The van der Waals surface area contributed by atoms with E-state index in [9.17, 15) is 26.4 Å². The minimum atomic E-state index is -4.78. The molecule has 0 unspecified atom stereocenters. The molecule has 0 bridgehead atoms. The van der Waals surface area contributed by atoms with Crippen molar-refractivity contribution in [1.82, 2.24) is 0 Å². The van der Waals surface area contributed by atoms with Crippen LogP contribution in [-0.4, -0.2) is 26.6 Å². The molecule has 158 valence electrons. The Bertz CT molecular complexity index is 1040. The summed E-state index contributed by atoms with van der Waals surface area (Å²) in [6, 6.07) is 6.74. The predicted octanol–water partition coefficient (Wildman–Crippen LogP) is 4.77. The maximum atomic E-state index is 13.2. The van der Waals surface area contributed by atoms with Gasteiger partial charge in [0.25, 0.3) is 0 Å². The molecule has 0 fully saturated rings. The zero-order valence-corrected chi connectivity index (χ0v) is 17.7. The van der Waals surface area contributed by atoms with E-state index in [0.717, 1.165) is 29.5 Å². The first-order chi connectivity index (χ1) is 13.2. The lowest BCUT2D eigenvalue weighted by Gasteiger charge is -2.29. The molecule has 0 saturated carbocycles. The zero-order valence-electron chi connectivity index (χ0n) is 16.1. The van der Waals surface area contributed by atoms with Gasteiger partial charge in [0.15, 0.2) is 0 Å². The molecular formula is C19H20ClF3N2O3S. The Morgan fingerprint density at radius 3 is 2.31 bits per heavy atom. The largest absolute Gasteiger partial charge is 0.417 e. The Labute approximate surface area is 172 Å². The predicted molar refractivity (Wildman–Crippen MR) is 108 cm³/mol. The lowest BCUT2D eigenvalue weighted by molar-refractivity contribution is -0.137. The first-order valence-corrected chi connectivity index (χ1v) is 10.7. The molecule has 10 heteroatoms. The standard InChI is InChI=1S/C19H20ClF3N2O3S/c1-11-5-6-12(2)17(9-11)24-18(26)13(3)25(29(4,27)28)14-7-8-16(20)15(10-14)19(21,22)23/h5-10,13H,1-4H3,(H,24,26)/t13-/m1/s1. The number of carbonyl (C=O) groups is 1. The van der Waals surface area contributed by atoms with Crippen molar-refractivity contribution in [2.45, 2.75) is 33.0 Å². The van der Waals surface area contributed by atoms with Crippen LogP contribution >= 0.6 is 11.6 Å². The number of nitrogens with one attached hydrogen (secondary N) is 1. The number of alkyl halides is 3. The second kappa shape index (κ2) is 8.23. The van der Waals surface area contributed by atoms with Crippen LogP contribution in [0.15, 0.2) is 36.4 Å². The van der Waals surface area contributed by atoms with E-state index >= 15 is 0 Å². The highest BCUT2D eigenvalue weighted by atomic mass is 35.5. The lowest BCUT2D eigenvalue weighted by atomic mass is 10.1. The summed E-state index contributed by atoms with van der Waals surface area (Å²) in [6.07, 6.45) is -3.96. The molecule has 0 aliphatic heterocycles. The number of hydrogen-bond acceptors (Lipinski definition) is 3. The van der Waals surface area contributed by atoms with Gasteiger partial charge in [0.2, 0.25) is 15.9 Å². The number of benzene rings is 2. The number of sulfonamides is 1. The fourth-order valence-electron chi connectivity index (χ4n) is 2.78. The number of hydrogen-bond donors (Lipinski definition) is 1. The average Bonchev–Trinajstić information content (AvgIpc) is 2.57. The highest BCUT2D eigenvalue weighted by Crippen LogP contribution is 2.37. The van der Waals surface area contributed by atoms with Crippen molar-refractivity contribution in [1.29, 1.82) is 0 Å². The SMILES string of the molecule is Cc1ccc(C)c(NC(=O)[C@@H](C)N(c2ccc(Cl)c(C(F)(F)F)c2)S(C)(=O)=O)c1. The van der Waals surface area contributed by atoms with Gasteiger partial charge in [-0.15, -0.1) is 0 Å². The molecule has 0 aliphatic rings. The maximum absolute atomic E-state index is 13.2. The molecule has 2 aromatic carbocycles. The van der Waals surface area contributed by atoms with Crippen LogP contribution in [0.1, 0.15) is 23.6 Å². The van der Waals surface area contributed by atoms with Crippen molar-refractivity contribution in [3.05, 3.63) is 58.1 Å². The quantitative estimate of drug-likeness (QED) is 0.716. The van der Waals surface area contributed by atoms with Crippen LogP contribution in [0.3, 0.4) is 0 Å². The summed E-state index contributed by atoms with van der Waals surface area (Å²) in [5.74, 6) is -0.687. The molecule has 2 rings (SSSR count). The number of aryl methyl sites for hydroxylation is 2. The summed E-state index contributed by atoms with van der Waals surface area (Å²) >= 11 is 5.61. The molecule has 0 aliphatic carbocycles. The normalized spacial score (nSPS) is 13.1. The molecule has 0 radical (unpaired) electrons. The van der Waals surface area contributed by atoms with Crippen molar-refractivity contribution >= 4 is 38.9 Å². The Kier molecular flexibility index (Phi) is 6.54. The fraction of sp³-hybridized carbons (Fsp3) is 0.316. The number of halogens is 4. The maximum Gasteiger partial charge on any atom is 0.417 e. The van der Waals surface area contributed by atoms with E-state index in [0.29, 0.717) is 16.1 Å². The van der Waals surface area contributed by atoms with Gasteiger partial charge in [-0.05, 0) is 56.2 Å². The van der Waals surface area contributed by atoms with Gasteiger partial charge in [-0.2, -0.15) is 13.2 Å². The first kappa shape index (κ1) is 23.0. The molecule has 0 spiro atoms. The third-order valence-corrected chi connectivity index (χ3v) is 5.82. The number of carbonyl (C=O) groups excluding carboxylic acids is 1. The highest BCUT2D eigenvalue weighted by molar-refractivity contribution is 7.92. The minimum Gasteiger partial charge on any atom is -0.324 e. The van der Waals surface area contributed by atoms with Crippen molar-refractivity contribution in [3.8, 4) is 0 Å². The number of rotatable bonds is 5. The van der Waals surface area contributed by atoms with E-state index in [2.05, 4.69) is 5.32 Å². The van der Waals surface area contributed by atoms with Gasteiger partial charge >= 0.3 is 6.18 Å². The van der Waals surface area contributed by atoms with Crippen molar-refractivity contribution in [2.24, 2.45) is 0 Å². The van der Waals surface area contributed by atoms with Crippen LogP contribution in [0, 0.1) is 13.8 Å². The number of anilines is 2. The van der Waals surface area contributed by atoms with Crippen LogP contribution < -0.4 is 9.62 Å². The van der Waals surface area contributed by atoms with E-state index in [1.165, 1.54) is 6.92 Å². The van der Waals surface area contributed by atoms with Crippen LogP contribution in [0.5, 0.6) is 0 Å².